The van der Waals surface area contributed by atoms with Crippen LogP contribution in [0, 0.1) is 5.92 Å². The Labute approximate surface area is 281 Å². The molecule has 1 saturated heterocycles. The van der Waals surface area contributed by atoms with Crippen LogP contribution >= 0.6 is 0 Å². The van der Waals surface area contributed by atoms with E-state index in [0.29, 0.717) is 19.8 Å². The lowest BCUT2D eigenvalue weighted by Crippen LogP contribution is -2.66. The molecule has 1 atom stereocenters. The van der Waals surface area contributed by atoms with Gasteiger partial charge in [-0.25, -0.2) is 0 Å². The first-order valence-electron chi connectivity index (χ1n) is 17.0. The summed E-state index contributed by atoms with van der Waals surface area (Å²) >= 11 is 0. The number of hydrogen-bond acceptors (Lipinski definition) is 5. The molecule has 1 aliphatic heterocycles. The Balaban J connectivity index is 1.68. The van der Waals surface area contributed by atoms with Crippen molar-refractivity contribution in [3.8, 4) is 0 Å². The third-order valence-electron chi connectivity index (χ3n) is 9.38. The van der Waals surface area contributed by atoms with Gasteiger partial charge in [0, 0.05) is 27.1 Å². The van der Waals surface area contributed by atoms with Crippen molar-refractivity contribution in [3.63, 3.8) is 0 Å². The van der Waals surface area contributed by atoms with Gasteiger partial charge in [0.2, 0.25) is 0 Å². The normalized spacial score (nSPS) is 16.6. The maximum atomic E-state index is 7.25. The van der Waals surface area contributed by atoms with Crippen molar-refractivity contribution in [2.45, 2.75) is 104 Å². The molecule has 1 aliphatic rings. The fourth-order valence-electron chi connectivity index (χ4n) is 6.52. The van der Waals surface area contributed by atoms with Crippen LogP contribution in [0.25, 0.3) is 0 Å². The van der Waals surface area contributed by atoms with E-state index < -0.39 is 14.1 Å². The van der Waals surface area contributed by atoms with Gasteiger partial charge < -0.3 is 23.4 Å². The molecule has 2 aromatic rings. The average molecular weight is 649 g/mol. The highest BCUT2D eigenvalue weighted by Gasteiger charge is 2.50. The molecule has 0 spiro atoms. The fraction of sp³-hybridized carbons (Fsp3) is 0.550. The molecule has 5 nitrogen and oxygen atoms in total. The topological polar surface area (TPSA) is 46.2 Å². The lowest BCUT2D eigenvalue weighted by atomic mass is 9.90. The minimum absolute atomic E-state index is 0.0883. The minimum Gasteiger partial charge on any atom is -0.403 e. The van der Waals surface area contributed by atoms with Gasteiger partial charge in [-0.3, -0.25) is 0 Å². The number of hydrogen-bond donors (Lipinski definition) is 0. The van der Waals surface area contributed by atoms with Gasteiger partial charge >= 0.3 is 0 Å². The number of allylic oxidation sites excluding steroid dienone is 4. The Hall–Kier alpha value is -2.32. The van der Waals surface area contributed by atoms with Gasteiger partial charge in [-0.15, -0.1) is 0 Å². The standard InChI is InChI=1S/C40H60O5Si/c1-32(20-17-27-40(7)43-28-29-44-40)18-16-19-33(2)25-26-35(30-38(41-8)42-9)34(3)31-45-46(39(4,5)6,36-21-12-10-13-22-36)37-23-14-11-15-24-37/h10-15,19-24,35,38H,3,16-18,25-31H2,1-2,4-9H3/b32-20+,33-19+/t35-/m1/s1. The molecule has 6 heteroatoms. The van der Waals surface area contributed by atoms with Crippen molar-refractivity contribution >= 4 is 18.7 Å². The molecule has 2 aromatic carbocycles. The Kier molecular flexibility index (Phi) is 15.2. The molecule has 0 unspecified atom stereocenters. The zero-order valence-corrected chi connectivity index (χ0v) is 30.9. The summed E-state index contributed by atoms with van der Waals surface area (Å²) < 4.78 is 30.0. The maximum Gasteiger partial charge on any atom is 0.261 e. The van der Waals surface area contributed by atoms with E-state index in [4.69, 9.17) is 23.4 Å². The highest BCUT2D eigenvalue weighted by Crippen LogP contribution is 2.38. The Morgan fingerprint density at radius 3 is 1.91 bits per heavy atom. The number of ether oxygens (including phenoxy) is 4. The number of benzene rings is 2. The van der Waals surface area contributed by atoms with Crippen LogP contribution in [0.4, 0.5) is 0 Å². The summed E-state index contributed by atoms with van der Waals surface area (Å²) in [6.45, 7) is 20.0. The van der Waals surface area contributed by atoms with Crippen LogP contribution in [0.2, 0.25) is 5.04 Å². The highest BCUT2D eigenvalue weighted by molar-refractivity contribution is 6.99. The van der Waals surface area contributed by atoms with E-state index in [0.717, 1.165) is 50.5 Å². The molecule has 0 aliphatic carbocycles. The molecule has 0 aromatic heterocycles. The average Bonchev–Trinajstić information content (AvgIpc) is 3.47. The maximum absolute atomic E-state index is 7.25. The van der Waals surface area contributed by atoms with Crippen LogP contribution < -0.4 is 10.4 Å². The van der Waals surface area contributed by atoms with E-state index in [-0.39, 0.29) is 17.2 Å². The van der Waals surface area contributed by atoms with Crippen molar-refractivity contribution in [1.82, 2.24) is 0 Å². The van der Waals surface area contributed by atoms with Gasteiger partial charge in [0.25, 0.3) is 8.32 Å². The third-order valence-corrected chi connectivity index (χ3v) is 14.4. The van der Waals surface area contributed by atoms with Gasteiger partial charge in [0.1, 0.15) is 0 Å². The summed E-state index contributed by atoms with van der Waals surface area (Å²) in [7, 11) is 0.757. The predicted octanol–water partition coefficient (Wildman–Crippen LogP) is 8.74. The van der Waals surface area contributed by atoms with Crippen molar-refractivity contribution in [1.29, 1.82) is 0 Å². The predicted molar refractivity (Wildman–Crippen MR) is 194 cm³/mol. The first-order chi connectivity index (χ1) is 21.9. The first-order valence-corrected chi connectivity index (χ1v) is 18.9. The van der Waals surface area contributed by atoms with Crippen LogP contribution in [-0.2, 0) is 23.4 Å². The van der Waals surface area contributed by atoms with E-state index >= 15 is 0 Å². The summed E-state index contributed by atoms with van der Waals surface area (Å²) in [6, 6.07) is 21.6. The Morgan fingerprint density at radius 1 is 0.870 bits per heavy atom. The molecule has 46 heavy (non-hydrogen) atoms. The smallest absolute Gasteiger partial charge is 0.261 e. The van der Waals surface area contributed by atoms with Crippen molar-refractivity contribution in [3.05, 3.63) is 96.1 Å². The molecular weight excluding hydrogens is 589 g/mol. The van der Waals surface area contributed by atoms with Crippen molar-refractivity contribution < 1.29 is 23.4 Å². The van der Waals surface area contributed by atoms with Crippen LogP contribution in [0.3, 0.4) is 0 Å². The second kappa shape index (κ2) is 18.3. The largest absolute Gasteiger partial charge is 0.403 e. The van der Waals surface area contributed by atoms with Crippen LogP contribution in [0.5, 0.6) is 0 Å². The van der Waals surface area contributed by atoms with Crippen molar-refractivity contribution in [2.24, 2.45) is 5.92 Å². The van der Waals surface area contributed by atoms with Gasteiger partial charge in [-0.1, -0.05) is 111 Å². The van der Waals surface area contributed by atoms with Gasteiger partial charge in [0.15, 0.2) is 12.1 Å². The lowest BCUT2D eigenvalue weighted by molar-refractivity contribution is -0.145. The van der Waals surface area contributed by atoms with Crippen LogP contribution in [0.1, 0.15) is 86.5 Å². The molecule has 254 valence electrons. The molecular formula is C40H60O5Si. The monoisotopic (exact) mass is 648 g/mol. The molecule has 3 rings (SSSR count). The van der Waals surface area contributed by atoms with Crippen LogP contribution in [-0.4, -0.2) is 54.4 Å². The summed E-state index contributed by atoms with van der Waals surface area (Å²) in [5.41, 5.74) is 3.92. The second-order valence-corrected chi connectivity index (χ2v) is 18.3. The SMILES string of the molecule is C=C(CO[Si](c1ccccc1)(c1ccccc1)C(C)(C)C)[C@H](CC/C(C)=C/CC/C(C)=C/CCC1(C)OCCO1)CC(OC)OC. The molecule has 0 N–H and O–H groups in total. The van der Waals surface area contributed by atoms with E-state index in [1.807, 2.05) is 6.92 Å². The number of methoxy groups -OCH3 is 2. The second-order valence-electron chi connectivity index (χ2n) is 14.0. The summed E-state index contributed by atoms with van der Waals surface area (Å²) in [5.74, 6) is -0.210. The molecule has 0 radical (unpaired) electrons. The Bertz CT molecular complexity index is 1200. The summed E-state index contributed by atoms with van der Waals surface area (Å²) in [6.07, 6.45) is 11.1. The lowest BCUT2D eigenvalue weighted by Gasteiger charge is -2.43. The highest BCUT2D eigenvalue weighted by atomic mass is 28.4. The zero-order chi connectivity index (χ0) is 33.6. The van der Waals surface area contributed by atoms with Crippen molar-refractivity contribution in [2.75, 3.05) is 34.0 Å². The van der Waals surface area contributed by atoms with Gasteiger partial charge in [-0.05, 0) is 79.8 Å². The summed E-state index contributed by atoms with van der Waals surface area (Å²) in [5, 5.41) is 2.47. The van der Waals surface area contributed by atoms with Gasteiger partial charge in [-0.2, -0.15) is 0 Å². The molecule has 0 amide bonds. The van der Waals surface area contributed by atoms with Crippen LogP contribution in [0.15, 0.2) is 96.1 Å². The molecule has 1 fully saturated rings. The molecule has 0 saturated carbocycles. The fourth-order valence-corrected chi connectivity index (χ4v) is 11.1. The van der Waals surface area contributed by atoms with Gasteiger partial charge in [0.05, 0.1) is 19.8 Å². The van der Waals surface area contributed by atoms with E-state index in [1.54, 1.807) is 14.2 Å². The number of rotatable bonds is 19. The summed E-state index contributed by atoms with van der Waals surface area (Å²) in [4.78, 5) is 0. The molecule has 1 heterocycles. The third kappa shape index (κ3) is 10.9. The zero-order valence-electron chi connectivity index (χ0n) is 29.9. The quantitative estimate of drug-likeness (QED) is 0.0866. The molecule has 0 bridgehead atoms. The first kappa shape index (κ1) is 38.1. The van der Waals surface area contributed by atoms with E-state index in [2.05, 4.69) is 114 Å². The Morgan fingerprint density at radius 2 is 1.39 bits per heavy atom. The van der Waals surface area contributed by atoms with E-state index in [9.17, 15) is 0 Å². The minimum atomic E-state index is -2.66. The van der Waals surface area contributed by atoms with E-state index in [1.165, 1.54) is 21.5 Å².